The molecule has 0 aliphatic carbocycles. The van der Waals surface area contributed by atoms with E-state index in [0.29, 0.717) is 0 Å². The first-order valence-corrected chi connectivity index (χ1v) is 8.14. The molecule has 0 bridgehead atoms. The van der Waals surface area contributed by atoms with E-state index in [1.165, 1.54) is 43.6 Å². The summed E-state index contributed by atoms with van der Waals surface area (Å²) in [7, 11) is 0. The van der Waals surface area contributed by atoms with Crippen molar-refractivity contribution in [1.82, 2.24) is 10.2 Å². The smallest absolute Gasteiger partial charge is 0.0931 e. The summed E-state index contributed by atoms with van der Waals surface area (Å²) in [6.07, 6.45) is 5.53. The third kappa shape index (κ3) is 4.54. The molecule has 1 unspecified atom stereocenters. The summed E-state index contributed by atoms with van der Waals surface area (Å²) in [5.41, 5.74) is 0. The monoisotopic (exact) mass is 286 g/mol. The second-order valence-electron chi connectivity index (χ2n) is 5.12. The van der Waals surface area contributed by atoms with Crippen LogP contribution in [0.3, 0.4) is 0 Å². The Labute approximate surface area is 119 Å². The Morgan fingerprint density at radius 2 is 2.28 bits per heavy atom. The van der Waals surface area contributed by atoms with Crippen molar-refractivity contribution in [3.63, 3.8) is 0 Å². The Balaban J connectivity index is 1.65. The van der Waals surface area contributed by atoms with Crippen LogP contribution in [0.25, 0.3) is 0 Å². The van der Waals surface area contributed by atoms with Gasteiger partial charge in [-0.05, 0) is 38.4 Å². The van der Waals surface area contributed by atoms with E-state index < -0.39 is 0 Å². The zero-order valence-corrected chi connectivity index (χ0v) is 12.7. The summed E-state index contributed by atoms with van der Waals surface area (Å²) >= 11 is 7.58. The first-order valence-electron chi connectivity index (χ1n) is 6.94. The molecule has 1 aromatic rings. The molecule has 1 aliphatic heterocycles. The summed E-state index contributed by atoms with van der Waals surface area (Å²) in [5, 5.41) is 3.51. The van der Waals surface area contributed by atoms with E-state index in [9.17, 15) is 0 Å². The Kier molecular flexibility index (Phi) is 5.96. The van der Waals surface area contributed by atoms with E-state index >= 15 is 0 Å². The third-order valence-electron chi connectivity index (χ3n) is 3.69. The van der Waals surface area contributed by atoms with Crippen molar-refractivity contribution in [3.05, 3.63) is 21.3 Å². The summed E-state index contributed by atoms with van der Waals surface area (Å²) in [4.78, 5) is 3.95. The number of hydrogen-bond donors (Lipinski definition) is 1. The van der Waals surface area contributed by atoms with Gasteiger partial charge in [0, 0.05) is 30.6 Å². The lowest BCUT2D eigenvalue weighted by Crippen LogP contribution is -2.37. The fraction of sp³-hybridized carbons (Fsp3) is 0.714. The van der Waals surface area contributed by atoms with E-state index in [1.807, 2.05) is 6.07 Å². The van der Waals surface area contributed by atoms with E-state index in [4.69, 9.17) is 11.6 Å². The molecule has 1 N–H and O–H groups in total. The lowest BCUT2D eigenvalue weighted by atomic mass is 10.1. The predicted molar refractivity (Wildman–Crippen MR) is 80.5 cm³/mol. The standard InChI is InChI=1S/C14H23ClN2S/c1-12-5-3-2-4-9-17(12)10-8-16-11-13-6-7-14(15)18-13/h6-7,12,16H,2-5,8-11H2,1H3. The maximum absolute atomic E-state index is 5.91. The lowest BCUT2D eigenvalue weighted by Gasteiger charge is -2.26. The van der Waals surface area contributed by atoms with Gasteiger partial charge in [-0.15, -0.1) is 11.3 Å². The molecule has 102 valence electrons. The highest BCUT2D eigenvalue weighted by Gasteiger charge is 2.15. The van der Waals surface area contributed by atoms with Crippen molar-refractivity contribution >= 4 is 22.9 Å². The second kappa shape index (κ2) is 7.49. The van der Waals surface area contributed by atoms with Gasteiger partial charge in [0.15, 0.2) is 0 Å². The van der Waals surface area contributed by atoms with Gasteiger partial charge < -0.3 is 5.32 Å². The average molecular weight is 287 g/mol. The first-order chi connectivity index (χ1) is 8.75. The second-order valence-corrected chi connectivity index (χ2v) is 6.92. The molecule has 0 radical (unpaired) electrons. The molecular formula is C14H23ClN2S. The fourth-order valence-electron chi connectivity index (χ4n) is 2.55. The van der Waals surface area contributed by atoms with Crippen LogP contribution in [0.2, 0.25) is 4.34 Å². The molecule has 18 heavy (non-hydrogen) atoms. The van der Waals surface area contributed by atoms with Crippen molar-refractivity contribution in [2.45, 2.75) is 45.2 Å². The van der Waals surface area contributed by atoms with Crippen molar-refractivity contribution < 1.29 is 0 Å². The summed E-state index contributed by atoms with van der Waals surface area (Å²) < 4.78 is 0.882. The summed E-state index contributed by atoms with van der Waals surface area (Å²) in [5.74, 6) is 0. The van der Waals surface area contributed by atoms with Crippen LogP contribution in [0.4, 0.5) is 0 Å². The molecule has 2 nitrogen and oxygen atoms in total. The molecule has 1 saturated heterocycles. The lowest BCUT2D eigenvalue weighted by molar-refractivity contribution is 0.214. The van der Waals surface area contributed by atoms with Crippen molar-refractivity contribution in [3.8, 4) is 0 Å². The van der Waals surface area contributed by atoms with Crippen molar-refractivity contribution in [2.24, 2.45) is 0 Å². The zero-order valence-electron chi connectivity index (χ0n) is 11.1. The average Bonchev–Trinajstić information content (AvgIpc) is 2.65. The quantitative estimate of drug-likeness (QED) is 0.829. The van der Waals surface area contributed by atoms with Gasteiger partial charge in [-0.3, -0.25) is 4.90 Å². The number of likely N-dealkylation sites (tertiary alicyclic amines) is 1. The molecule has 0 saturated carbocycles. The van der Waals surface area contributed by atoms with Gasteiger partial charge in [-0.25, -0.2) is 0 Å². The first kappa shape index (κ1) is 14.3. The molecule has 1 fully saturated rings. The number of nitrogens with one attached hydrogen (secondary N) is 1. The van der Waals surface area contributed by atoms with Crippen LogP contribution in [-0.4, -0.2) is 30.6 Å². The van der Waals surface area contributed by atoms with Crippen LogP contribution in [0.1, 0.15) is 37.5 Å². The highest BCUT2D eigenvalue weighted by molar-refractivity contribution is 7.16. The Morgan fingerprint density at radius 1 is 1.39 bits per heavy atom. The molecule has 0 spiro atoms. The van der Waals surface area contributed by atoms with E-state index in [0.717, 1.165) is 23.5 Å². The molecule has 2 heterocycles. The number of nitrogens with zero attached hydrogens (tertiary/aromatic N) is 1. The van der Waals surface area contributed by atoms with Gasteiger partial charge in [-0.1, -0.05) is 24.4 Å². The van der Waals surface area contributed by atoms with E-state index in [2.05, 4.69) is 23.2 Å². The van der Waals surface area contributed by atoms with Gasteiger partial charge in [0.25, 0.3) is 0 Å². The number of thiophene rings is 1. The maximum Gasteiger partial charge on any atom is 0.0931 e. The molecule has 1 aromatic heterocycles. The van der Waals surface area contributed by atoms with Crippen molar-refractivity contribution in [2.75, 3.05) is 19.6 Å². The number of hydrogen-bond acceptors (Lipinski definition) is 3. The number of halogens is 1. The Bertz CT molecular complexity index is 353. The minimum atomic E-state index is 0.755. The fourth-order valence-corrected chi connectivity index (χ4v) is 3.60. The SMILES string of the molecule is CC1CCCCCN1CCNCc1ccc(Cl)s1. The predicted octanol–water partition coefficient (Wildman–Crippen LogP) is 3.76. The van der Waals surface area contributed by atoms with Gasteiger partial charge in [0.1, 0.15) is 0 Å². The highest BCUT2D eigenvalue weighted by Crippen LogP contribution is 2.21. The molecule has 0 aromatic carbocycles. The molecule has 4 heteroatoms. The van der Waals surface area contributed by atoms with Crippen LogP contribution >= 0.6 is 22.9 Å². The van der Waals surface area contributed by atoms with Gasteiger partial charge in [0.05, 0.1) is 4.34 Å². The Morgan fingerprint density at radius 3 is 3.06 bits per heavy atom. The third-order valence-corrected chi connectivity index (χ3v) is 4.93. The summed E-state index contributed by atoms with van der Waals surface area (Å²) in [6, 6.07) is 4.83. The largest absolute Gasteiger partial charge is 0.311 e. The summed E-state index contributed by atoms with van der Waals surface area (Å²) in [6.45, 7) is 6.82. The van der Waals surface area contributed by atoms with Crippen LogP contribution in [0, 0.1) is 0 Å². The van der Waals surface area contributed by atoms with E-state index in [-0.39, 0.29) is 0 Å². The van der Waals surface area contributed by atoms with Crippen LogP contribution in [0.5, 0.6) is 0 Å². The zero-order chi connectivity index (χ0) is 12.8. The van der Waals surface area contributed by atoms with Gasteiger partial charge >= 0.3 is 0 Å². The molecule has 0 amide bonds. The molecule has 2 rings (SSSR count). The van der Waals surface area contributed by atoms with E-state index in [1.54, 1.807) is 11.3 Å². The Hall–Kier alpha value is -0.0900. The van der Waals surface area contributed by atoms with Crippen LogP contribution < -0.4 is 5.32 Å². The molecular weight excluding hydrogens is 264 g/mol. The van der Waals surface area contributed by atoms with Gasteiger partial charge in [0.2, 0.25) is 0 Å². The maximum atomic E-state index is 5.91. The molecule has 1 aliphatic rings. The molecule has 1 atom stereocenters. The minimum Gasteiger partial charge on any atom is -0.311 e. The topological polar surface area (TPSA) is 15.3 Å². The van der Waals surface area contributed by atoms with Gasteiger partial charge in [-0.2, -0.15) is 0 Å². The number of rotatable bonds is 5. The van der Waals surface area contributed by atoms with Crippen LogP contribution in [0.15, 0.2) is 12.1 Å². The normalized spacial score (nSPS) is 22.0. The highest BCUT2D eigenvalue weighted by atomic mass is 35.5. The minimum absolute atomic E-state index is 0.755. The van der Waals surface area contributed by atoms with Crippen LogP contribution in [-0.2, 0) is 6.54 Å². The van der Waals surface area contributed by atoms with Crippen molar-refractivity contribution in [1.29, 1.82) is 0 Å².